The van der Waals surface area contributed by atoms with Crippen LogP contribution in [-0.4, -0.2) is 31.4 Å². The van der Waals surface area contributed by atoms with E-state index >= 15 is 0 Å². The van der Waals surface area contributed by atoms with Gasteiger partial charge in [0.25, 0.3) is 0 Å². The molecule has 2 rings (SSSR count). The maximum absolute atomic E-state index is 14.0. The van der Waals surface area contributed by atoms with Gasteiger partial charge in [0.05, 0.1) is 19.1 Å². The van der Waals surface area contributed by atoms with Gasteiger partial charge in [-0.1, -0.05) is 6.07 Å². The highest BCUT2D eigenvalue weighted by molar-refractivity contribution is 5.99. The van der Waals surface area contributed by atoms with Gasteiger partial charge >= 0.3 is 5.97 Å². The molecule has 1 amide bonds. The van der Waals surface area contributed by atoms with Crippen LogP contribution in [0.25, 0.3) is 0 Å². The minimum atomic E-state index is -0.848. The number of carbonyl (C=O) groups excluding carboxylic acids is 3. The van der Waals surface area contributed by atoms with Crippen LogP contribution in [0.3, 0.4) is 0 Å². The number of amides is 1. The average Bonchev–Trinajstić information content (AvgIpc) is 2.59. The molecule has 0 aliphatic carbocycles. The molecular formula is C19H17F2NO5. The average molecular weight is 377 g/mol. The van der Waals surface area contributed by atoms with Gasteiger partial charge in [-0.25, -0.2) is 8.78 Å². The molecule has 0 unspecified atom stereocenters. The van der Waals surface area contributed by atoms with Crippen molar-refractivity contribution in [3.63, 3.8) is 0 Å². The summed E-state index contributed by atoms with van der Waals surface area (Å²) in [6, 6.07) is 7.54. The zero-order chi connectivity index (χ0) is 20.0. The quantitative estimate of drug-likeness (QED) is 0.593. The van der Waals surface area contributed by atoms with Crippen molar-refractivity contribution in [1.29, 1.82) is 0 Å². The molecule has 0 aliphatic heterocycles. The highest BCUT2D eigenvalue weighted by atomic mass is 19.1. The standard InChI is InChI=1S/C19H17F2NO5/c1-11(23)22-13-4-5-14(15(20)9-13)17(24)10-27-19(25)8-12-3-6-18(26-2)16(21)7-12/h3-7,9H,8,10H2,1-2H3,(H,22,23). The van der Waals surface area contributed by atoms with Gasteiger partial charge in [0.2, 0.25) is 11.7 Å². The number of ketones is 1. The van der Waals surface area contributed by atoms with Gasteiger partial charge < -0.3 is 14.8 Å². The number of hydrogen-bond donors (Lipinski definition) is 1. The van der Waals surface area contributed by atoms with Gasteiger partial charge in [-0.05, 0) is 35.9 Å². The molecule has 1 N–H and O–H groups in total. The molecule has 0 saturated carbocycles. The van der Waals surface area contributed by atoms with Gasteiger partial charge in [-0.2, -0.15) is 0 Å². The van der Waals surface area contributed by atoms with Crippen molar-refractivity contribution in [1.82, 2.24) is 0 Å². The lowest BCUT2D eigenvalue weighted by atomic mass is 10.1. The van der Waals surface area contributed by atoms with E-state index in [0.717, 1.165) is 12.1 Å². The van der Waals surface area contributed by atoms with E-state index in [1.807, 2.05) is 0 Å². The first-order chi connectivity index (χ1) is 12.8. The second-order valence-corrected chi connectivity index (χ2v) is 5.61. The zero-order valence-corrected chi connectivity index (χ0v) is 14.7. The highest BCUT2D eigenvalue weighted by Gasteiger charge is 2.16. The molecule has 0 aliphatic rings. The Morgan fingerprint density at radius 2 is 1.78 bits per heavy atom. The SMILES string of the molecule is COc1ccc(CC(=O)OCC(=O)c2ccc(NC(C)=O)cc2F)cc1F. The number of halogens is 2. The molecule has 0 bridgehead atoms. The van der Waals surface area contributed by atoms with E-state index in [1.54, 1.807) is 0 Å². The van der Waals surface area contributed by atoms with Crippen LogP contribution in [0.5, 0.6) is 5.75 Å². The topological polar surface area (TPSA) is 81.7 Å². The van der Waals surface area contributed by atoms with Crippen molar-refractivity contribution in [2.24, 2.45) is 0 Å². The normalized spacial score (nSPS) is 10.2. The lowest BCUT2D eigenvalue weighted by Gasteiger charge is -2.08. The Morgan fingerprint density at radius 3 is 2.37 bits per heavy atom. The molecule has 0 atom stereocenters. The Kier molecular flexibility index (Phi) is 6.59. The number of esters is 1. The fourth-order valence-corrected chi connectivity index (χ4v) is 2.28. The highest BCUT2D eigenvalue weighted by Crippen LogP contribution is 2.18. The molecule has 0 aromatic heterocycles. The van der Waals surface area contributed by atoms with E-state index in [9.17, 15) is 23.2 Å². The fourth-order valence-electron chi connectivity index (χ4n) is 2.28. The summed E-state index contributed by atoms with van der Waals surface area (Å²) in [5.41, 5.74) is 0.277. The van der Waals surface area contributed by atoms with Gasteiger partial charge in [0.1, 0.15) is 5.82 Å². The van der Waals surface area contributed by atoms with Crippen LogP contribution >= 0.6 is 0 Å². The number of carbonyl (C=O) groups is 3. The zero-order valence-electron chi connectivity index (χ0n) is 14.7. The van der Waals surface area contributed by atoms with Crippen molar-refractivity contribution in [2.45, 2.75) is 13.3 Å². The molecule has 0 radical (unpaired) electrons. The Morgan fingerprint density at radius 1 is 1.04 bits per heavy atom. The summed E-state index contributed by atoms with van der Waals surface area (Å²) >= 11 is 0. The lowest BCUT2D eigenvalue weighted by molar-refractivity contribution is -0.141. The molecule has 0 fully saturated rings. The number of nitrogens with one attached hydrogen (secondary N) is 1. The second-order valence-electron chi connectivity index (χ2n) is 5.61. The number of hydrogen-bond acceptors (Lipinski definition) is 5. The molecule has 0 saturated heterocycles. The maximum Gasteiger partial charge on any atom is 0.310 e. The molecule has 0 spiro atoms. The largest absolute Gasteiger partial charge is 0.494 e. The number of rotatable bonds is 7. The third-order valence-electron chi connectivity index (χ3n) is 3.52. The van der Waals surface area contributed by atoms with E-state index in [4.69, 9.17) is 9.47 Å². The first-order valence-corrected chi connectivity index (χ1v) is 7.88. The van der Waals surface area contributed by atoms with E-state index < -0.39 is 30.0 Å². The molecule has 142 valence electrons. The van der Waals surface area contributed by atoms with Gasteiger partial charge in [-0.3, -0.25) is 14.4 Å². The smallest absolute Gasteiger partial charge is 0.310 e. The maximum atomic E-state index is 14.0. The second kappa shape index (κ2) is 8.88. The Hall–Kier alpha value is -3.29. The monoisotopic (exact) mass is 377 g/mol. The van der Waals surface area contributed by atoms with Crippen molar-refractivity contribution in [3.8, 4) is 5.75 Å². The van der Waals surface area contributed by atoms with Crippen molar-refractivity contribution < 1.29 is 32.6 Å². The van der Waals surface area contributed by atoms with E-state index in [0.29, 0.717) is 5.56 Å². The minimum Gasteiger partial charge on any atom is -0.494 e. The molecule has 6 nitrogen and oxygen atoms in total. The first kappa shape index (κ1) is 20.0. The number of Topliss-reactive ketones (excluding diaryl/α,β-unsaturated/α-hetero) is 1. The predicted octanol–water partition coefficient (Wildman–Crippen LogP) is 2.90. The number of anilines is 1. The van der Waals surface area contributed by atoms with E-state index in [-0.39, 0.29) is 29.3 Å². The molecule has 0 heterocycles. The van der Waals surface area contributed by atoms with Crippen LogP contribution in [-0.2, 0) is 20.7 Å². The summed E-state index contributed by atoms with van der Waals surface area (Å²) < 4.78 is 37.2. The van der Waals surface area contributed by atoms with Crippen molar-refractivity contribution in [3.05, 3.63) is 59.2 Å². The number of benzene rings is 2. The van der Waals surface area contributed by atoms with Crippen LogP contribution < -0.4 is 10.1 Å². The number of methoxy groups -OCH3 is 1. The van der Waals surface area contributed by atoms with Crippen LogP contribution in [0.1, 0.15) is 22.8 Å². The predicted molar refractivity (Wildman–Crippen MR) is 92.6 cm³/mol. The molecule has 2 aromatic rings. The molecular weight excluding hydrogens is 360 g/mol. The van der Waals surface area contributed by atoms with Gasteiger partial charge in [0, 0.05) is 12.6 Å². The summed E-state index contributed by atoms with van der Waals surface area (Å²) in [6.45, 7) is 0.610. The summed E-state index contributed by atoms with van der Waals surface area (Å²) in [7, 11) is 1.32. The molecule has 2 aromatic carbocycles. The summed E-state index contributed by atoms with van der Waals surface area (Å²) in [5.74, 6) is -3.31. The van der Waals surface area contributed by atoms with E-state index in [1.165, 1.54) is 38.3 Å². The first-order valence-electron chi connectivity index (χ1n) is 7.88. The summed E-state index contributed by atoms with van der Waals surface area (Å²) in [4.78, 5) is 34.8. The van der Waals surface area contributed by atoms with Gasteiger partial charge in [-0.15, -0.1) is 0 Å². The Labute approximate surface area is 154 Å². The lowest BCUT2D eigenvalue weighted by Crippen LogP contribution is -2.17. The third-order valence-corrected chi connectivity index (χ3v) is 3.52. The van der Waals surface area contributed by atoms with Crippen LogP contribution in [0.15, 0.2) is 36.4 Å². The van der Waals surface area contributed by atoms with E-state index in [2.05, 4.69) is 5.32 Å². The van der Waals surface area contributed by atoms with Crippen LogP contribution in [0.4, 0.5) is 14.5 Å². The summed E-state index contributed by atoms with van der Waals surface area (Å²) in [5, 5.41) is 2.39. The minimum absolute atomic E-state index is 0.0421. The molecule has 27 heavy (non-hydrogen) atoms. The summed E-state index contributed by atoms with van der Waals surface area (Å²) in [6.07, 6.45) is -0.252. The number of ether oxygens (including phenoxy) is 2. The van der Waals surface area contributed by atoms with Crippen LogP contribution in [0.2, 0.25) is 0 Å². The fraction of sp³-hybridized carbons (Fsp3) is 0.211. The Bertz CT molecular complexity index is 882. The van der Waals surface area contributed by atoms with Crippen LogP contribution in [0, 0.1) is 11.6 Å². The Balaban J connectivity index is 1.93. The van der Waals surface area contributed by atoms with Crippen molar-refractivity contribution >= 4 is 23.3 Å². The molecule has 8 heteroatoms. The third kappa shape index (κ3) is 5.60. The van der Waals surface area contributed by atoms with Crippen molar-refractivity contribution in [2.75, 3.05) is 19.0 Å². The van der Waals surface area contributed by atoms with Gasteiger partial charge in [0.15, 0.2) is 18.2 Å².